The first-order valence-electron chi connectivity index (χ1n) is 9.71. The summed E-state index contributed by atoms with van der Waals surface area (Å²) in [5, 5.41) is 6.10. The SMILES string of the molecule is Fc1[nH]ncc1C1CCCN(c2cccc(-c3cnc4cnc(C(F)(F)F)cn34)n2)C1. The average molecular weight is 431 g/mol. The largest absolute Gasteiger partial charge is 0.434 e. The molecule has 0 aliphatic carbocycles. The van der Waals surface area contributed by atoms with Crippen LogP contribution in [0, 0.1) is 5.95 Å². The maximum absolute atomic E-state index is 13.9. The normalized spacial score (nSPS) is 17.4. The van der Waals surface area contributed by atoms with Gasteiger partial charge in [-0.2, -0.15) is 22.7 Å². The van der Waals surface area contributed by atoms with Crippen LogP contribution in [0.4, 0.5) is 23.4 Å². The Balaban J connectivity index is 1.47. The number of aromatic amines is 1. The van der Waals surface area contributed by atoms with Crippen LogP contribution in [0.25, 0.3) is 17.0 Å². The highest BCUT2D eigenvalue weighted by molar-refractivity contribution is 5.62. The number of halogens is 4. The van der Waals surface area contributed by atoms with Crippen LogP contribution >= 0.6 is 0 Å². The number of piperidine rings is 1. The third-order valence-electron chi connectivity index (χ3n) is 5.49. The van der Waals surface area contributed by atoms with Gasteiger partial charge in [-0.15, -0.1) is 0 Å². The summed E-state index contributed by atoms with van der Waals surface area (Å²) in [5.74, 6) is 0.230. The van der Waals surface area contributed by atoms with Crippen LogP contribution in [-0.4, -0.2) is 42.6 Å². The zero-order chi connectivity index (χ0) is 21.6. The van der Waals surface area contributed by atoms with Gasteiger partial charge in [-0.05, 0) is 25.0 Å². The molecule has 0 aromatic carbocycles. The van der Waals surface area contributed by atoms with Gasteiger partial charge >= 0.3 is 6.18 Å². The van der Waals surface area contributed by atoms with Crippen LogP contribution in [-0.2, 0) is 6.18 Å². The number of anilines is 1. The van der Waals surface area contributed by atoms with E-state index < -0.39 is 17.8 Å². The molecule has 1 N–H and O–H groups in total. The molecule has 5 rings (SSSR count). The highest BCUT2D eigenvalue weighted by atomic mass is 19.4. The fourth-order valence-corrected chi connectivity index (χ4v) is 3.97. The molecule has 160 valence electrons. The number of imidazole rings is 1. The second kappa shape index (κ2) is 7.33. The molecule has 0 amide bonds. The van der Waals surface area contributed by atoms with E-state index in [1.165, 1.54) is 16.8 Å². The highest BCUT2D eigenvalue weighted by Gasteiger charge is 2.33. The first-order chi connectivity index (χ1) is 14.9. The maximum atomic E-state index is 13.9. The van der Waals surface area contributed by atoms with E-state index in [1.807, 2.05) is 6.07 Å². The van der Waals surface area contributed by atoms with E-state index in [0.717, 1.165) is 31.8 Å². The number of alkyl halides is 3. The van der Waals surface area contributed by atoms with E-state index in [1.54, 1.807) is 12.1 Å². The lowest BCUT2D eigenvalue weighted by atomic mass is 9.92. The van der Waals surface area contributed by atoms with Gasteiger partial charge in [-0.1, -0.05) is 6.07 Å². The molecular weight excluding hydrogens is 414 g/mol. The van der Waals surface area contributed by atoms with E-state index in [0.29, 0.717) is 35.0 Å². The Hall–Kier alpha value is -3.50. The van der Waals surface area contributed by atoms with Gasteiger partial charge in [0.15, 0.2) is 11.3 Å². The van der Waals surface area contributed by atoms with Gasteiger partial charge in [0.2, 0.25) is 5.95 Å². The van der Waals surface area contributed by atoms with Gasteiger partial charge in [0.25, 0.3) is 0 Å². The zero-order valence-corrected chi connectivity index (χ0v) is 16.1. The molecule has 0 bridgehead atoms. The molecular formula is C20H17F4N7. The lowest BCUT2D eigenvalue weighted by molar-refractivity contribution is -0.141. The van der Waals surface area contributed by atoms with Gasteiger partial charge in [-0.3, -0.25) is 9.50 Å². The summed E-state index contributed by atoms with van der Waals surface area (Å²) in [6.07, 6.45) is 2.14. The molecule has 1 fully saturated rings. The van der Waals surface area contributed by atoms with Crippen molar-refractivity contribution in [2.24, 2.45) is 0 Å². The Morgan fingerprint density at radius 3 is 2.74 bits per heavy atom. The monoisotopic (exact) mass is 431 g/mol. The third-order valence-corrected chi connectivity index (χ3v) is 5.49. The van der Waals surface area contributed by atoms with Crippen LogP contribution in [0.3, 0.4) is 0 Å². The van der Waals surface area contributed by atoms with Gasteiger partial charge in [0.05, 0.1) is 30.0 Å². The van der Waals surface area contributed by atoms with Gasteiger partial charge in [0.1, 0.15) is 5.82 Å². The Kier molecular flexibility index (Phi) is 4.60. The average Bonchev–Trinajstić information content (AvgIpc) is 3.39. The second-order valence-corrected chi connectivity index (χ2v) is 7.45. The quantitative estimate of drug-likeness (QED) is 0.496. The molecule has 4 aromatic heterocycles. The number of pyridine rings is 1. The fraction of sp³-hybridized carbons (Fsp3) is 0.300. The van der Waals surface area contributed by atoms with Crippen molar-refractivity contribution in [2.45, 2.75) is 24.9 Å². The second-order valence-electron chi connectivity index (χ2n) is 7.45. The number of nitrogens with zero attached hydrogens (tertiary/aromatic N) is 6. The van der Waals surface area contributed by atoms with Crippen LogP contribution < -0.4 is 4.90 Å². The first kappa shape index (κ1) is 19.5. The molecule has 0 spiro atoms. The topological polar surface area (TPSA) is 75.0 Å². The van der Waals surface area contributed by atoms with Crippen LogP contribution in [0.2, 0.25) is 0 Å². The summed E-state index contributed by atoms with van der Waals surface area (Å²) >= 11 is 0. The summed E-state index contributed by atoms with van der Waals surface area (Å²) in [7, 11) is 0. The van der Waals surface area contributed by atoms with E-state index in [2.05, 4.69) is 30.0 Å². The van der Waals surface area contributed by atoms with Crippen molar-refractivity contribution in [1.82, 2.24) is 29.5 Å². The minimum absolute atomic E-state index is 0.0193. The van der Waals surface area contributed by atoms with Crippen molar-refractivity contribution < 1.29 is 17.6 Å². The minimum atomic E-state index is -4.56. The molecule has 11 heteroatoms. The van der Waals surface area contributed by atoms with Crippen molar-refractivity contribution in [1.29, 1.82) is 0 Å². The predicted molar refractivity (Wildman–Crippen MR) is 104 cm³/mol. The number of hydrogen-bond acceptors (Lipinski definition) is 5. The number of nitrogens with one attached hydrogen (secondary N) is 1. The highest BCUT2D eigenvalue weighted by Crippen LogP contribution is 2.32. The van der Waals surface area contributed by atoms with E-state index in [4.69, 9.17) is 0 Å². The van der Waals surface area contributed by atoms with Crippen molar-refractivity contribution in [2.75, 3.05) is 18.0 Å². The van der Waals surface area contributed by atoms with E-state index in [9.17, 15) is 17.6 Å². The molecule has 1 atom stereocenters. The van der Waals surface area contributed by atoms with Gasteiger partial charge in [0, 0.05) is 30.8 Å². The number of H-pyrrole nitrogens is 1. The predicted octanol–water partition coefficient (Wildman–Crippen LogP) is 4.06. The first-order valence-corrected chi connectivity index (χ1v) is 9.71. The number of aromatic nitrogens is 6. The lowest BCUT2D eigenvalue weighted by Gasteiger charge is -2.33. The number of fused-ring (bicyclic) bond motifs is 1. The maximum Gasteiger partial charge on any atom is 0.434 e. The Morgan fingerprint density at radius 2 is 1.97 bits per heavy atom. The molecule has 1 saturated heterocycles. The minimum Gasteiger partial charge on any atom is -0.356 e. The molecule has 1 aliphatic rings. The Labute approximate surface area is 173 Å². The summed E-state index contributed by atoms with van der Waals surface area (Å²) in [6.45, 7) is 1.32. The molecule has 31 heavy (non-hydrogen) atoms. The molecule has 1 aliphatic heterocycles. The summed E-state index contributed by atoms with van der Waals surface area (Å²) in [5.41, 5.74) is 0.759. The van der Waals surface area contributed by atoms with Crippen molar-refractivity contribution in [3.8, 4) is 11.4 Å². The summed E-state index contributed by atoms with van der Waals surface area (Å²) in [4.78, 5) is 14.3. The summed E-state index contributed by atoms with van der Waals surface area (Å²) < 4.78 is 54.5. The zero-order valence-electron chi connectivity index (χ0n) is 16.1. The Morgan fingerprint density at radius 1 is 1.10 bits per heavy atom. The molecule has 0 saturated carbocycles. The van der Waals surface area contributed by atoms with Crippen LogP contribution in [0.15, 0.2) is 43.0 Å². The van der Waals surface area contributed by atoms with E-state index >= 15 is 0 Å². The molecule has 1 unspecified atom stereocenters. The van der Waals surface area contributed by atoms with Crippen LogP contribution in [0.1, 0.15) is 30.0 Å². The lowest BCUT2D eigenvalue weighted by Crippen LogP contribution is -2.35. The van der Waals surface area contributed by atoms with Crippen LogP contribution in [0.5, 0.6) is 0 Å². The van der Waals surface area contributed by atoms with Crippen molar-refractivity contribution >= 4 is 11.5 Å². The smallest absolute Gasteiger partial charge is 0.356 e. The molecule has 4 aromatic rings. The standard InChI is InChI=1S/C20H17F4N7/c21-19-13(7-27-29-19)12-3-2-6-30(10-12)17-5-1-4-14(28-17)15-8-26-18-9-25-16(11-31(15)18)20(22,23)24/h1,4-5,7-9,11-12H,2-3,6,10H2,(H,27,29). The van der Waals surface area contributed by atoms with E-state index in [-0.39, 0.29) is 5.92 Å². The molecule has 5 heterocycles. The van der Waals surface area contributed by atoms with Gasteiger partial charge in [-0.25, -0.2) is 15.0 Å². The Bertz CT molecular complexity index is 1230. The third kappa shape index (κ3) is 3.60. The molecule has 7 nitrogen and oxygen atoms in total. The van der Waals surface area contributed by atoms with Crippen molar-refractivity contribution in [3.63, 3.8) is 0 Å². The fourth-order valence-electron chi connectivity index (χ4n) is 3.97. The summed E-state index contributed by atoms with van der Waals surface area (Å²) in [6, 6.07) is 5.35. The number of rotatable bonds is 3. The van der Waals surface area contributed by atoms with Gasteiger partial charge < -0.3 is 4.90 Å². The number of hydrogen-bond donors (Lipinski definition) is 1. The van der Waals surface area contributed by atoms with Crippen molar-refractivity contribution in [3.05, 3.63) is 60.2 Å². The molecule has 0 radical (unpaired) electrons.